The lowest BCUT2D eigenvalue weighted by molar-refractivity contribution is 0.0635. The maximum atomic E-state index is 12.2. The summed E-state index contributed by atoms with van der Waals surface area (Å²) in [7, 11) is 1.62. The molecule has 2 aromatic heterocycles. The highest BCUT2D eigenvalue weighted by Crippen LogP contribution is 2.41. The highest BCUT2D eigenvalue weighted by molar-refractivity contribution is 9.10. The Labute approximate surface area is 215 Å². The Bertz CT molecular complexity index is 1340. The van der Waals surface area contributed by atoms with Crippen LogP contribution in [0.15, 0.2) is 65.3 Å². The molecule has 2 aromatic carbocycles. The Balaban J connectivity index is 1.66. The van der Waals surface area contributed by atoms with Crippen LogP contribution in [0.2, 0.25) is 0 Å². The predicted octanol–water partition coefficient (Wildman–Crippen LogP) is 7.13. The van der Waals surface area contributed by atoms with Crippen molar-refractivity contribution in [2.75, 3.05) is 17.7 Å². The van der Waals surface area contributed by atoms with Crippen molar-refractivity contribution in [1.29, 1.82) is 0 Å². The normalized spacial score (nSPS) is 11.1. The first kappa shape index (κ1) is 24.6. The summed E-state index contributed by atoms with van der Waals surface area (Å²) in [6, 6.07) is 17.2. The number of halogens is 1. The number of ether oxygens (including phenoxy) is 2. The number of pyridine rings is 1. The average molecular weight is 554 g/mol. The Morgan fingerprint density at radius 2 is 1.83 bits per heavy atom. The minimum atomic E-state index is -0.614. The fourth-order valence-electron chi connectivity index (χ4n) is 3.28. The molecule has 0 atom stereocenters. The number of hydrogen-bond acceptors (Lipinski definition) is 8. The molecule has 10 heteroatoms. The summed E-state index contributed by atoms with van der Waals surface area (Å²) in [5, 5.41) is 16.1. The maximum Gasteiger partial charge on any atom is 0.413 e. The van der Waals surface area contributed by atoms with Gasteiger partial charge in [-0.1, -0.05) is 39.4 Å². The van der Waals surface area contributed by atoms with E-state index < -0.39 is 11.7 Å². The molecule has 0 saturated heterocycles. The van der Waals surface area contributed by atoms with Gasteiger partial charge in [-0.15, -0.1) is 10.2 Å². The molecule has 4 aromatic rings. The lowest BCUT2D eigenvalue weighted by atomic mass is 9.99. The van der Waals surface area contributed by atoms with Crippen LogP contribution in [-0.2, 0) is 4.74 Å². The summed E-state index contributed by atoms with van der Waals surface area (Å²) in [6.45, 7) is 5.42. The van der Waals surface area contributed by atoms with Gasteiger partial charge in [-0.05, 0) is 68.8 Å². The quantitative estimate of drug-likeness (QED) is 0.262. The van der Waals surface area contributed by atoms with E-state index in [-0.39, 0.29) is 0 Å². The van der Waals surface area contributed by atoms with Crippen LogP contribution in [0.25, 0.3) is 21.7 Å². The van der Waals surface area contributed by atoms with Crippen LogP contribution < -0.4 is 15.4 Å². The Kier molecular flexibility index (Phi) is 7.32. The molecule has 0 aliphatic carbocycles. The minimum absolute atomic E-state index is 0.364. The third-order valence-corrected chi connectivity index (χ3v) is 6.08. The van der Waals surface area contributed by atoms with Crippen molar-refractivity contribution in [2.45, 2.75) is 26.4 Å². The van der Waals surface area contributed by atoms with Crippen LogP contribution in [0.1, 0.15) is 20.8 Å². The Morgan fingerprint density at radius 3 is 2.54 bits per heavy atom. The number of carbonyl (C=O) groups excluding carboxylic acids is 1. The van der Waals surface area contributed by atoms with E-state index in [1.54, 1.807) is 40.1 Å². The van der Waals surface area contributed by atoms with E-state index in [0.717, 1.165) is 31.9 Å². The fraction of sp³-hybridized carbons (Fsp3) is 0.200. The molecule has 180 valence electrons. The van der Waals surface area contributed by atoms with Gasteiger partial charge >= 0.3 is 6.09 Å². The smallest absolute Gasteiger partial charge is 0.413 e. The van der Waals surface area contributed by atoms with E-state index in [1.165, 1.54) is 11.3 Å². The number of amides is 1. The first-order valence-corrected chi connectivity index (χ1v) is 12.3. The number of nitrogens with one attached hydrogen (secondary N) is 2. The molecule has 0 fully saturated rings. The van der Waals surface area contributed by atoms with Gasteiger partial charge in [-0.25, -0.2) is 9.78 Å². The molecular formula is C25H24BrN5O3S. The third-order valence-electron chi connectivity index (χ3n) is 4.67. The van der Waals surface area contributed by atoms with E-state index in [2.05, 4.69) is 41.7 Å². The van der Waals surface area contributed by atoms with Gasteiger partial charge < -0.3 is 14.8 Å². The van der Waals surface area contributed by atoms with Crippen LogP contribution in [0.5, 0.6) is 5.75 Å². The summed E-state index contributed by atoms with van der Waals surface area (Å²) in [5.74, 6) is 1.03. The molecule has 0 aliphatic rings. The summed E-state index contributed by atoms with van der Waals surface area (Å²) in [6.07, 6.45) is 1.05. The highest BCUT2D eigenvalue weighted by Gasteiger charge is 2.19. The number of rotatable bonds is 6. The second-order valence-corrected chi connectivity index (χ2v) is 10.4. The second kappa shape index (κ2) is 10.4. The van der Waals surface area contributed by atoms with Crippen molar-refractivity contribution in [2.24, 2.45) is 0 Å². The largest absolute Gasteiger partial charge is 0.496 e. The van der Waals surface area contributed by atoms with Crippen LogP contribution in [0, 0.1) is 0 Å². The highest BCUT2D eigenvalue weighted by atomic mass is 79.9. The van der Waals surface area contributed by atoms with Crippen molar-refractivity contribution in [3.63, 3.8) is 0 Å². The lowest BCUT2D eigenvalue weighted by Gasteiger charge is -2.19. The van der Waals surface area contributed by atoms with Crippen molar-refractivity contribution in [3.8, 4) is 27.4 Å². The maximum absolute atomic E-state index is 12.2. The molecule has 8 nitrogen and oxygen atoms in total. The first-order valence-electron chi connectivity index (χ1n) is 10.7. The second-order valence-electron chi connectivity index (χ2n) is 8.48. The number of carbonyl (C=O) groups is 1. The molecule has 0 aliphatic heterocycles. The van der Waals surface area contributed by atoms with Gasteiger partial charge in [0.25, 0.3) is 0 Å². The van der Waals surface area contributed by atoms with Crippen molar-refractivity contribution < 1.29 is 14.3 Å². The topological polar surface area (TPSA) is 98.3 Å². The zero-order valence-electron chi connectivity index (χ0n) is 19.6. The number of aromatic nitrogens is 3. The number of hydrogen-bond donors (Lipinski definition) is 2. The predicted molar refractivity (Wildman–Crippen MR) is 142 cm³/mol. The van der Waals surface area contributed by atoms with Crippen LogP contribution >= 0.6 is 27.3 Å². The van der Waals surface area contributed by atoms with E-state index in [1.807, 2.05) is 48.5 Å². The van der Waals surface area contributed by atoms with Crippen molar-refractivity contribution >= 4 is 50.0 Å². The Hall–Kier alpha value is -3.50. The number of nitrogens with zero attached hydrogens (tertiary/aromatic N) is 3. The molecule has 2 heterocycles. The van der Waals surface area contributed by atoms with Gasteiger partial charge in [-0.3, -0.25) is 5.32 Å². The van der Waals surface area contributed by atoms with E-state index >= 15 is 0 Å². The van der Waals surface area contributed by atoms with E-state index in [9.17, 15) is 4.79 Å². The summed E-state index contributed by atoms with van der Waals surface area (Å²) in [4.78, 5) is 16.5. The molecule has 1 amide bonds. The summed E-state index contributed by atoms with van der Waals surface area (Å²) in [5.41, 5.74) is 2.76. The van der Waals surface area contributed by atoms with Gasteiger partial charge in [0, 0.05) is 27.5 Å². The molecule has 0 bridgehead atoms. The monoisotopic (exact) mass is 553 g/mol. The fourth-order valence-corrected chi connectivity index (χ4v) is 4.34. The molecule has 4 rings (SSSR count). The zero-order valence-corrected chi connectivity index (χ0v) is 22.0. The molecule has 0 radical (unpaired) electrons. The molecule has 35 heavy (non-hydrogen) atoms. The summed E-state index contributed by atoms with van der Waals surface area (Å²) < 4.78 is 12.0. The van der Waals surface area contributed by atoms with Gasteiger partial charge in [0.05, 0.1) is 7.11 Å². The average Bonchev–Trinajstić information content (AvgIpc) is 3.27. The van der Waals surface area contributed by atoms with Gasteiger partial charge in [0.2, 0.25) is 5.13 Å². The number of methoxy groups -OCH3 is 1. The van der Waals surface area contributed by atoms with Gasteiger partial charge in [-0.2, -0.15) is 0 Å². The minimum Gasteiger partial charge on any atom is -0.496 e. The van der Waals surface area contributed by atoms with Gasteiger partial charge in [0.1, 0.15) is 22.2 Å². The molecule has 0 spiro atoms. The SMILES string of the molecule is COc1cccc(-c2nnc(Nc3ccc(Br)cc3)s2)c1-c1ccnc(NC(=O)OC(C)(C)C)c1. The van der Waals surface area contributed by atoms with Crippen LogP contribution in [0.3, 0.4) is 0 Å². The molecule has 0 unspecified atom stereocenters. The first-order chi connectivity index (χ1) is 16.7. The molecular weight excluding hydrogens is 530 g/mol. The molecule has 0 saturated carbocycles. The lowest BCUT2D eigenvalue weighted by Crippen LogP contribution is -2.27. The zero-order chi connectivity index (χ0) is 25.0. The summed E-state index contributed by atoms with van der Waals surface area (Å²) >= 11 is 4.87. The Morgan fingerprint density at radius 1 is 1.06 bits per heavy atom. The van der Waals surface area contributed by atoms with E-state index in [4.69, 9.17) is 9.47 Å². The third kappa shape index (κ3) is 6.34. The van der Waals surface area contributed by atoms with Crippen LogP contribution in [0.4, 0.5) is 21.4 Å². The van der Waals surface area contributed by atoms with Crippen molar-refractivity contribution in [1.82, 2.24) is 15.2 Å². The van der Waals surface area contributed by atoms with Gasteiger partial charge in [0.15, 0.2) is 0 Å². The van der Waals surface area contributed by atoms with E-state index in [0.29, 0.717) is 16.7 Å². The van der Waals surface area contributed by atoms with Crippen LogP contribution in [-0.4, -0.2) is 34.0 Å². The standard InChI is InChI=1S/C25H24BrN5O3S/c1-25(2,3)34-24(32)29-20-14-15(12-13-27-20)21-18(6-5-7-19(21)33-4)22-30-31-23(35-22)28-17-10-8-16(26)9-11-17/h5-14H,1-4H3,(H,28,31)(H,27,29,32). The number of benzene rings is 2. The number of anilines is 3. The van der Waals surface area contributed by atoms with Crippen molar-refractivity contribution in [3.05, 3.63) is 65.3 Å². The molecule has 2 N–H and O–H groups in total.